The molecule has 17 heavy (non-hydrogen) atoms. The Balaban J connectivity index is 2.62. The quantitative estimate of drug-likeness (QED) is 0.572. The van der Waals surface area contributed by atoms with E-state index in [9.17, 15) is 0 Å². The van der Waals surface area contributed by atoms with Crippen LogP contribution in [0.5, 0.6) is 0 Å². The molecule has 3 nitrogen and oxygen atoms in total. The minimum atomic E-state index is 0.311. The van der Waals surface area contributed by atoms with Gasteiger partial charge in [-0.3, -0.25) is 5.41 Å². The number of hydrogen-bond donors (Lipinski definition) is 1. The molecule has 0 aliphatic rings. The Morgan fingerprint density at radius 1 is 1.06 bits per heavy atom. The third kappa shape index (κ3) is 2.50. The van der Waals surface area contributed by atoms with Crippen molar-refractivity contribution in [3.63, 3.8) is 0 Å². The highest BCUT2D eigenvalue weighted by atomic mass is 15.0. The molecule has 0 aliphatic heterocycles. The van der Waals surface area contributed by atoms with E-state index in [0.29, 0.717) is 5.84 Å². The summed E-state index contributed by atoms with van der Waals surface area (Å²) in [6, 6.07) is 16.1. The molecule has 1 heterocycles. The summed E-state index contributed by atoms with van der Waals surface area (Å²) in [5, 5.41) is 7.42. The van der Waals surface area contributed by atoms with Crippen LogP contribution in [0.3, 0.4) is 0 Å². The molecule has 1 aromatic heterocycles. The Morgan fingerprint density at radius 2 is 1.76 bits per heavy atom. The van der Waals surface area contributed by atoms with Crippen molar-refractivity contribution in [3.8, 4) is 11.3 Å². The van der Waals surface area contributed by atoms with Gasteiger partial charge in [-0.1, -0.05) is 36.4 Å². The Labute approximate surface area is 101 Å². The first-order chi connectivity index (χ1) is 8.18. The zero-order valence-electron chi connectivity index (χ0n) is 10.0. The molecule has 0 bridgehead atoms. The average molecular weight is 225 g/mol. The first kappa shape index (κ1) is 11.3. The van der Waals surface area contributed by atoms with Crippen LogP contribution in [0.25, 0.3) is 11.3 Å². The van der Waals surface area contributed by atoms with Crippen molar-refractivity contribution in [2.45, 2.75) is 6.92 Å². The summed E-state index contributed by atoms with van der Waals surface area (Å²) in [6.45, 7) is 1.68. The monoisotopic (exact) mass is 225 g/mol. The van der Waals surface area contributed by atoms with E-state index in [1.165, 1.54) is 0 Å². The van der Waals surface area contributed by atoms with Crippen LogP contribution < -0.4 is 5.49 Å². The highest BCUT2D eigenvalue weighted by molar-refractivity contribution is 5.76. The fraction of sp³-hybridized carbons (Fsp3) is 0.143. The summed E-state index contributed by atoms with van der Waals surface area (Å²) in [6.07, 6.45) is 0. The third-order valence-electron chi connectivity index (χ3n) is 2.56. The van der Waals surface area contributed by atoms with Crippen molar-refractivity contribution in [2.24, 2.45) is 12.0 Å². The second-order valence-electron chi connectivity index (χ2n) is 3.89. The maximum absolute atomic E-state index is 7.42. The first-order valence-electron chi connectivity index (χ1n) is 5.50. The molecule has 0 radical (unpaired) electrons. The second kappa shape index (κ2) is 4.78. The van der Waals surface area contributed by atoms with E-state index in [2.05, 4.69) is 17.1 Å². The molecule has 1 N–H and O–H groups in total. The molecule has 0 fully saturated rings. The Bertz CT molecular complexity index is 594. The van der Waals surface area contributed by atoms with E-state index >= 15 is 0 Å². The summed E-state index contributed by atoms with van der Waals surface area (Å²) >= 11 is 0. The number of hydrogen-bond acceptors (Lipinski definition) is 1. The SMILES string of the molecule is CC(=N)N=c1cccc(-c2ccccc2)n1C. The zero-order chi connectivity index (χ0) is 12.3. The number of pyridine rings is 1. The smallest absolute Gasteiger partial charge is 0.134 e. The van der Waals surface area contributed by atoms with Gasteiger partial charge in [-0.05, 0) is 24.6 Å². The van der Waals surface area contributed by atoms with E-state index in [-0.39, 0.29) is 0 Å². The Hall–Kier alpha value is -2.16. The molecular weight excluding hydrogens is 210 g/mol. The lowest BCUT2D eigenvalue weighted by Gasteiger charge is -2.09. The Kier molecular flexibility index (Phi) is 3.19. The fourth-order valence-corrected chi connectivity index (χ4v) is 1.76. The maximum Gasteiger partial charge on any atom is 0.134 e. The summed E-state index contributed by atoms with van der Waals surface area (Å²) in [7, 11) is 1.96. The zero-order valence-corrected chi connectivity index (χ0v) is 10.0. The second-order valence-corrected chi connectivity index (χ2v) is 3.89. The van der Waals surface area contributed by atoms with Gasteiger partial charge in [0.1, 0.15) is 11.3 Å². The third-order valence-corrected chi connectivity index (χ3v) is 2.56. The van der Waals surface area contributed by atoms with Gasteiger partial charge in [-0.25, -0.2) is 4.99 Å². The van der Waals surface area contributed by atoms with Crippen LogP contribution in [0.2, 0.25) is 0 Å². The minimum Gasteiger partial charge on any atom is -0.329 e. The summed E-state index contributed by atoms with van der Waals surface area (Å²) in [5.41, 5.74) is 3.03. The number of nitrogens with one attached hydrogen (secondary N) is 1. The van der Waals surface area contributed by atoms with E-state index in [1.807, 2.05) is 48.0 Å². The molecular formula is C14H15N3. The predicted molar refractivity (Wildman–Crippen MR) is 69.8 cm³/mol. The van der Waals surface area contributed by atoms with E-state index < -0.39 is 0 Å². The lowest BCUT2D eigenvalue weighted by atomic mass is 10.1. The van der Waals surface area contributed by atoms with Crippen LogP contribution in [-0.4, -0.2) is 10.4 Å². The van der Waals surface area contributed by atoms with Gasteiger partial charge < -0.3 is 4.57 Å². The number of nitrogens with zero attached hydrogens (tertiary/aromatic N) is 2. The molecule has 2 aromatic rings. The van der Waals surface area contributed by atoms with Gasteiger partial charge in [-0.2, -0.15) is 0 Å². The standard InChI is InChI=1S/C14H15N3/c1-11(15)16-14-10-6-9-13(17(14)2)12-7-4-3-5-8-12/h3-10,15H,1-2H3. The van der Waals surface area contributed by atoms with Crippen LogP contribution >= 0.6 is 0 Å². The minimum absolute atomic E-state index is 0.311. The van der Waals surface area contributed by atoms with Crippen LogP contribution in [0, 0.1) is 5.41 Å². The number of rotatable bonds is 1. The molecule has 3 heteroatoms. The summed E-state index contributed by atoms with van der Waals surface area (Å²) in [4.78, 5) is 4.19. The van der Waals surface area contributed by atoms with Crippen molar-refractivity contribution in [1.82, 2.24) is 4.57 Å². The number of amidine groups is 1. The topological polar surface area (TPSA) is 41.1 Å². The number of aromatic nitrogens is 1. The van der Waals surface area contributed by atoms with Crippen molar-refractivity contribution < 1.29 is 0 Å². The van der Waals surface area contributed by atoms with Crippen LogP contribution in [0.15, 0.2) is 53.5 Å². The normalized spacial score (nSPS) is 11.5. The van der Waals surface area contributed by atoms with Crippen molar-refractivity contribution >= 4 is 5.84 Å². The summed E-state index contributed by atoms with van der Waals surface area (Å²) in [5.74, 6) is 0.311. The van der Waals surface area contributed by atoms with Gasteiger partial charge in [0.2, 0.25) is 0 Å². The molecule has 0 saturated heterocycles. The van der Waals surface area contributed by atoms with Gasteiger partial charge >= 0.3 is 0 Å². The van der Waals surface area contributed by atoms with Gasteiger partial charge in [-0.15, -0.1) is 0 Å². The van der Waals surface area contributed by atoms with E-state index in [0.717, 1.165) is 16.7 Å². The van der Waals surface area contributed by atoms with Crippen molar-refractivity contribution in [1.29, 1.82) is 5.41 Å². The largest absolute Gasteiger partial charge is 0.329 e. The maximum atomic E-state index is 7.42. The molecule has 1 aromatic carbocycles. The van der Waals surface area contributed by atoms with Gasteiger partial charge in [0.05, 0.1) is 0 Å². The predicted octanol–water partition coefficient (Wildman–Crippen LogP) is 2.59. The fourth-order valence-electron chi connectivity index (χ4n) is 1.76. The summed E-state index contributed by atoms with van der Waals surface area (Å²) < 4.78 is 1.99. The van der Waals surface area contributed by atoms with Crippen molar-refractivity contribution in [3.05, 3.63) is 54.0 Å². The molecule has 2 rings (SSSR count). The van der Waals surface area contributed by atoms with Crippen LogP contribution in [0.4, 0.5) is 0 Å². The molecule has 0 unspecified atom stereocenters. The Morgan fingerprint density at radius 3 is 2.41 bits per heavy atom. The molecule has 0 amide bonds. The molecule has 86 valence electrons. The molecule has 0 spiro atoms. The van der Waals surface area contributed by atoms with Gasteiger partial charge in [0, 0.05) is 12.7 Å². The van der Waals surface area contributed by atoms with Crippen molar-refractivity contribution in [2.75, 3.05) is 0 Å². The lowest BCUT2D eigenvalue weighted by Crippen LogP contribution is -2.19. The molecule has 0 saturated carbocycles. The highest BCUT2D eigenvalue weighted by Gasteiger charge is 2.00. The van der Waals surface area contributed by atoms with E-state index in [4.69, 9.17) is 5.41 Å². The lowest BCUT2D eigenvalue weighted by molar-refractivity contribution is 0.847. The first-order valence-corrected chi connectivity index (χ1v) is 5.50. The van der Waals surface area contributed by atoms with Crippen LogP contribution in [0.1, 0.15) is 6.92 Å². The highest BCUT2D eigenvalue weighted by Crippen LogP contribution is 2.15. The van der Waals surface area contributed by atoms with Gasteiger partial charge in [0.15, 0.2) is 0 Å². The average Bonchev–Trinajstić information content (AvgIpc) is 2.32. The van der Waals surface area contributed by atoms with E-state index in [1.54, 1.807) is 6.92 Å². The van der Waals surface area contributed by atoms with Crippen LogP contribution in [-0.2, 0) is 7.05 Å². The molecule has 0 atom stereocenters. The molecule has 0 aliphatic carbocycles. The van der Waals surface area contributed by atoms with Gasteiger partial charge in [0.25, 0.3) is 0 Å². The number of benzene rings is 1.